The smallest absolute Gasteiger partial charge is 0.109 e. The number of nitrogens with zero attached hydrogens (tertiary/aromatic N) is 3. The Hall–Kier alpha value is -3.21. The van der Waals surface area contributed by atoms with Gasteiger partial charge in [-0.15, -0.1) is 0 Å². The first kappa shape index (κ1) is 18.8. The first-order chi connectivity index (χ1) is 14.7. The predicted molar refractivity (Wildman–Crippen MR) is 120 cm³/mol. The van der Waals surface area contributed by atoms with Gasteiger partial charge in [0.1, 0.15) is 11.6 Å². The van der Waals surface area contributed by atoms with Crippen molar-refractivity contribution in [3.05, 3.63) is 66.6 Å². The van der Waals surface area contributed by atoms with E-state index in [1.165, 1.54) is 25.7 Å². The third-order valence-corrected chi connectivity index (χ3v) is 6.05. The Morgan fingerprint density at radius 1 is 0.733 bits per heavy atom. The highest BCUT2D eigenvalue weighted by Crippen LogP contribution is 2.33. The number of hydrogen-bond donors (Lipinski definition) is 2. The molecule has 0 atom stereocenters. The second-order valence-electron chi connectivity index (χ2n) is 8.51. The van der Waals surface area contributed by atoms with Crippen molar-refractivity contribution in [1.29, 1.82) is 0 Å². The Bertz CT molecular complexity index is 1110. The minimum absolute atomic E-state index is 0.383. The van der Waals surface area contributed by atoms with E-state index >= 15 is 0 Å². The van der Waals surface area contributed by atoms with Crippen LogP contribution >= 0.6 is 0 Å². The molecule has 0 saturated heterocycles. The maximum atomic E-state index is 4.67. The van der Waals surface area contributed by atoms with E-state index in [-0.39, 0.29) is 0 Å². The minimum Gasteiger partial charge on any atom is -0.342 e. The van der Waals surface area contributed by atoms with Gasteiger partial charge in [0, 0.05) is 29.2 Å². The van der Waals surface area contributed by atoms with Crippen LogP contribution in [0.2, 0.25) is 0 Å². The normalized spacial score (nSPS) is 14.6. The zero-order valence-corrected chi connectivity index (χ0v) is 17.5. The zero-order valence-electron chi connectivity index (χ0n) is 17.5. The van der Waals surface area contributed by atoms with Crippen LogP contribution in [0.4, 0.5) is 0 Å². The van der Waals surface area contributed by atoms with Gasteiger partial charge in [0.05, 0.1) is 29.5 Å². The third-order valence-electron chi connectivity index (χ3n) is 6.05. The molecule has 0 bridgehead atoms. The Labute approximate surface area is 177 Å². The molecule has 3 aromatic heterocycles. The molecule has 0 aliphatic heterocycles. The molecular formula is C25H27N5. The molecule has 5 heteroatoms. The monoisotopic (exact) mass is 397 g/mol. The quantitative estimate of drug-likeness (QED) is 0.414. The van der Waals surface area contributed by atoms with Crippen molar-refractivity contribution >= 4 is 0 Å². The molecule has 4 aromatic rings. The third kappa shape index (κ3) is 3.67. The molecule has 5 nitrogen and oxygen atoms in total. The van der Waals surface area contributed by atoms with Crippen molar-refractivity contribution in [3.63, 3.8) is 0 Å². The molecule has 1 saturated carbocycles. The first-order valence-corrected chi connectivity index (χ1v) is 10.8. The molecule has 30 heavy (non-hydrogen) atoms. The summed E-state index contributed by atoms with van der Waals surface area (Å²) in [5, 5.41) is 0. The van der Waals surface area contributed by atoms with Crippen LogP contribution in [0.25, 0.3) is 33.8 Å². The predicted octanol–water partition coefficient (Wildman–Crippen LogP) is 6.31. The summed E-state index contributed by atoms with van der Waals surface area (Å²) in [5.41, 5.74) is 6.37. The number of aromatic nitrogens is 5. The Balaban J connectivity index is 1.32. The lowest BCUT2D eigenvalue weighted by Crippen LogP contribution is -1.94. The number of imidazole rings is 2. The average molecular weight is 398 g/mol. The van der Waals surface area contributed by atoms with Crippen LogP contribution in [-0.2, 0) is 0 Å². The number of rotatable bonds is 5. The maximum absolute atomic E-state index is 4.67. The van der Waals surface area contributed by atoms with Gasteiger partial charge >= 0.3 is 0 Å². The summed E-state index contributed by atoms with van der Waals surface area (Å²) in [6.07, 6.45) is 10.9. The van der Waals surface area contributed by atoms with E-state index < -0.39 is 0 Å². The Kier molecular flexibility index (Phi) is 4.95. The van der Waals surface area contributed by atoms with Crippen LogP contribution in [0, 0.1) is 0 Å². The summed E-state index contributed by atoms with van der Waals surface area (Å²) >= 11 is 0. The van der Waals surface area contributed by atoms with Crippen molar-refractivity contribution in [2.45, 2.75) is 51.4 Å². The van der Waals surface area contributed by atoms with Gasteiger partial charge < -0.3 is 9.97 Å². The highest BCUT2D eigenvalue weighted by Gasteiger charge is 2.20. The molecule has 1 aliphatic rings. The number of benzene rings is 1. The lowest BCUT2D eigenvalue weighted by molar-refractivity contribution is 0.679. The summed E-state index contributed by atoms with van der Waals surface area (Å²) in [6.45, 7) is 4.26. The van der Waals surface area contributed by atoms with Crippen LogP contribution in [0.5, 0.6) is 0 Å². The fourth-order valence-corrected chi connectivity index (χ4v) is 4.21. The van der Waals surface area contributed by atoms with E-state index in [1.807, 2.05) is 18.6 Å². The molecule has 1 fully saturated rings. The van der Waals surface area contributed by atoms with Crippen molar-refractivity contribution in [3.8, 4) is 33.8 Å². The fraction of sp³-hybridized carbons (Fsp3) is 0.320. The molecule has 2 N–H and O–H groups in total. The van der Waals surface area contributed by atoms with Crippen molar-refractivity contribution in [1.82, 2.24) is 24.9 Å². The van der Waals surface area contributed by atoms with E-state index in [9.17, 15) is 0 Å². The lowest BCUT2D eigenvalue weighted by atomic mass is 10.1. The highest BCUT2D eigenvalue weighted by molar-refractivity contribution is 5.68. The van der Waals surface area contributed by atoms with Crippen molar-refractivity contribution in [2.75, 3.05) is 0 Å². The summed E-state index contributed by atoms with van der Waals surface area (Å²) < 4.78 is 0. The van der Waals surface area contributed by atoms with Gasteiger partial charge in [-0.1, -0.05) is 51.0 Å². The second kappa shape index (κ2) is 7.90. The van der Waals surface area contributed by atoms with Gasteiger partial charge in [0.2, 0.25) is 0 Å². The van der Waals surface area contributed by atoms with Crippen LogP contribution < -0.4 is 0 Å². The van der Waals surface area contributed by atoms with Gasteiger partial charge in [-0.25, -0.2) is 9.97 Å². The molecule has 1 aliphatic carbocycles. The summed E-state index contributed by atoms with van der Waals surface area (Å²) in [4.78, 5) is 20.7. The zero-order chi connectivity index (χ0) is 20.5. The van der Waals surface area contributed by atoms with Crippen LogP contribution in [0.15, 0.2) is 55.0 Å². The molecule has 0 spiro atoms. The number of H-pyrrole nitrogens is 2. The number of aromatic amines is 2. The Morgan fingerprint density at radius 2 is 1.40 bits per heavy atom. The standard InChI is InChI=1S/C25H27N5/c1-16(2)24-27-15-23(29-24)20-11-12-21(26-13-20)17-7-9-18(10-8-17)22-14-28-25(30-22)19-5-3-4-6-19/h7-16,19H,3-6H2,1-2H3,(H,27,29)(H,28,30). The Morgan fingerprint density at radius 3 is 2.07 bits per heavy atom. The van der Waals surface area contributed by atoms with Gasteiger partial charge in [-0.3, -0.25) is 4.98 Å². The maximum Gasteiger partial charge on any atom is 0.109 e. The molecule has 152 valence electrons. The van der Waals surface area contributed by atoms with E-state index in [2.05, 4.69) is 75.2 Å². The molecule has 0 unspecified atom stereocenters. The number of hydrogen-bond acceptors (Lipinski definition) is 3. The van der Waals surface area contributed by atoms with Gasteiger partial charge in [0.25, 0.3) is 0 Å². The molecule has 0 radical (unpaired) electrons. The largest absolute Gasteiger partial charge is 0.342 e. The first-order valence-electron chi connectivity index (χ1n) is 10.8. The number of pyridine rings is 1. The summed E-state index contributed by atoms with van der Waals surface area (Å²) in [5.74, 6) is 3.13. The van der Waals surface area contributed by atoms with Crippen molar-refractivity contribution < 1.29 is 0 Å². The van der Waals surface area contributed by atoms with E-state index in [0.717, 1.165) is 45.4 Å². The second-order valence-corrected chi connectivity index (χ2v) is 8.51. The molecule has 1 aromatic carbocycles. The average Bonchev–Trinajstić information content (AvgIpc) is 3.55. The van der Waals surface area contributed by atoms with Crippen LogP contribution in [0.3, 0.4) is 0 Å². The lowest BCUT2D eigenvalue weighted by Gasteiger charge is -2.05. The molecule has 3 heterocycles. The SMILES string of the molecule is CC(C)c1ncc(-c2ccc(-c3ccc(-c4cnc(C5CCCC5)[nH]4)cc3)nc2)[nH]1. The van der Waals surface area contributed by atoms with Gasteiger partial charge in [-0.05, 0) is 30.5 Å². The molecule has 0 amide bonds. The summed E-state index contributed by atoms with van der Waals surface area (Å²) in [7, 11) is 0. The van der Waals surface area contributed by atoms with E-state index in [0.29, 0.717) is 11.8 Å². The van der Waals surface area contributed by atoms with Crippen molar-refractivity contribution in [2.24, 2.45) is 0 Å². The van der Waals surface area contributed by atoms with Gasteiger partial charge in [-0.2, -0.15) is 0 Å². The van der Waals surface area contributed by atoms with E-state index in [4.69, 9.17) is 0 Å². The van der Waals surface area contributed by atoms with Crippen LogP contribution in [0.1, 0.15) is 63.0 Å². The van der Waals surface area contributed by atoms with E-state index in [1.54, 1.807) is 0 Å². The van der Waals surface area contributed by atoms with Crippen LogP contribution in [-0.4, -0.2) is 24.9 Å². The highest BCUT2D eigenvalue weighted by atomic mass is 14.9. The number of nitrogens with one attached hydrogen (secondary N) is 2. The molecular weight excluding hydrogens is 370 g/mol. The molecule has 5 rings (SSSR count). The minimum atomic E-state index is 0.383. The fourth-order valence-electron chi connectivity index (χ4n) is 4.21. The topological polar surface area (TPSA) is 70.2 Å². The summed E-state index contributed by atoms with van der Waals surface area (Å²) in [6, 6.07) is 12.7. The van der Waals surface area contributed by atoms with Gasteiger partial charge in [0.15, 0.2) is 0 Å².